The van der Waals surface area contributed by atoms with E-state index in [1.165, 1.54) is 7.11 Å². The van der Waals surface area contributed by atoms with Gasteiger partial charge in [-0.2, -0.15) is 0 Å². The molecule has 0 bridgehead atoms. The molecule has 24 heavy (non-hydrogen) atoms. The van der Waals surface area contributed by atoms with E-state index in [9.17, 15) is 4.79 Å². The summed E-state index contributed by atoms with van der Waals surface area (Å²) in [6.45, 7) is 3.52. The lowest BCUT2D eigenvalue weighted by molar-refractivity contribution is 0.102. The van der Waals surface area contributed by atoms with E-state index in [4.69, 9.17) is 19.9 Å². The molecule has 128 valence electrons. The predicted molar refractivity (Wildman–Crippen MR) is 93.8 cm³/mol. The molecule has 6 nitrogen and oxygen atoms in total. The van der Waals surface area contributed by atoms with Gasteiger partial charge in [-0.1, -0.05) is 6.07 Å². The number of carbonyl (C=O) groups is 1. The maximum atomic E-state index is 12.4. The number of nitrogen functional groups attached to an aromatic ring is 1. The van der Waals surface area contributed by atoms with Gasteiger partial charge >= 0.3 is 0 Å². The van der Waals surface area contributed by atoms with Crippen LogP contribution in [0.25, 0.3) is 0 Å². The molecular formula is C18H22N2O4. The lowest BCUT2D eigenvalue weighted by atomic mass is 10.2. The van der Waals surface area contributed by atoms with Gasteiger partial charge in [0.05, 0.1) is 19.4 Å². The highest BCUT2D eigenvalue weighted by Crippen LogP contribution is 2.27. The maximum absolute atomic E-state index is 12.4. The van der Waals surface area contributed by atoms with E-state index in [0.717, 1.165) is 0 Å². The normalized spacial score (nSPS) is 10.2. The fourth-order valence-corrected chi connectivity index (χ4v) is 2.10. The van der Waals surface area contributed by atoms with Gasteiger partial charge in [0.25, 0.3) is 5.91 Å². The molecule has 2 rings (SSSR count). The molecule has 2 aromatic rings. The van der Waals surface area contributed by atoms with E-state index in [2.05, 4.69) is 5.32 Å². The zero-order valence-corrected chi connectivity index (χ0v) is 13.9. The van der Waals surface area contributed by atoms with E-state index in [-0.39, 0.29) is 5.91 Å². The Hall–Kier alpha value is -2.73. The quantitative estimate of drug-likeness (QED) is 0.574. The summed E-state index contributed by atoms with van der Waals surface area (Å²) in [6.07, 6.45) is 0. The first kappa shape index (κ1) is 17.6. The van der Waals surface area contributed by atoms with Crippen LogP contribution in [0.1, 0.15) is 17.3 Å². The van der Waals surface area contributed by atoms with Crippen molar-refractivity contribution >= 4 is 17.3 Å². The summed E-state index contributed by atoms with van der Waals surface area (Å²) in [5.41, 5.74) is 7.32. The number of nitrogens with two attached hydrogens (primary N) is 1. The SMILES string of the molecule is CCOCCOc1cccc(C(=O)Nc2ccc(N)cc2OC)c1. The number of carbonyl (C=O) groups excluding carboxylic acids is 1. The number of rotatable bonds is 8. The molecule has 0 aliphatic rings. The van der Waals surface area contributed by atoms with Crippen molar-refractivity contribution in [1.82, 2.24) is 0 Å². The van der Waals surface area contributed by atoms with Crippen LogP contribution in [0.2, 0.25) is 0 Å². The van der Waals surface area contributed by atoms with Gasteiger partial charge in [-0.25, -0.2) is 0 Å². The molecular weight excluding hydrogens is 308 g/mol. The molecule has 0 saturated carbocycles. The number of methoxy groups -OCH3 is 1. The zero-order chi connectivity index (χ0) is 17.4. The molecule has 0 aromatic heterocycles. The van der Waals surface area contributed by atoms with Gasteiger partial charge < -0.3 is 25.3 Å². The summed E-state index contributed by atoms with van der Waals surface area (Å²) in [5.74, 6) is 0.868. The summed E-state index contributed by atoms with van der Waals surface area (Å²) < 4.78 is 16.0. The van der Waals surface area contributed by atoms with Crippen molar-refractivity contribution in [3.63, 3.8) is 0 Å². The molecule has 1 amide bonds. The highest BCUT2D eigenvalue weighted by atomic mass is 16.5. The minimum atomic E-state index is -0.256. The molecule has 3 N–H and O–H groups in total. The topological polar surface area (TPSA) is 82.8 Å². The Bertz CT molecular complexity index is 688. The summed E-state index contributed by atoms with van der Waals surface area (Å²) in [7, 11) is 1.53. The zero-order valence-electron chi connectivity index (χ0n) is 13.9. The molecule has 0 saturated heterocycles. The number of amides is 1. The first-order valence-electron chi connectivity index (χ1n) is 7.69. The summed E-state index contributed by atoms with van der Waals surface area (Å²) in [4.78, 5) is 12.4. The van der Waals surface area contributed by atoms with Crippen molar-refractivity contribution in [3.8, 4) is 11.5 Å². The van der Waals surface area contributed by atoms with Gasteiger partial charge in [0.2, 0.25) is 0 Å². The van der Waals surface area contributed by atoms with Crippen LogP contribution in [0, 0.1) is 0 Å². The molecule has 2 aromatic carbocycles. The number of ether oxygens (including phenoxy) is 3. The van der Waals surface area contributed by atoms with E-state index in [0.29, 0.717) is 48.3 Å². The van der Waals surface area contributed by atoms with Crippen molar-refractivity contribution in [3.05, 3.63) is 48.0 Å². The van der Waals surface area contributed by atoms with E-state index in [1.54, 1.807) is 42.5 Å². The molecule has 0 heterocycles. The Morgan fingerprint density at radius 2 is 2.00 bits per heavy atom. The molecule has 0 aliphatic heterocycles. The van der Waals surface area contributed by atoms with Crippen LogP contribution < -0.4 is 20.5 Å². The monoisotopic (exact) mass is 330 g/mol. The third-order valence-electron chi connectivity index (χ3n) is 3.27. The van der Waals surface area contributed by atoms with Crippen molar-refractivity contribution in [2.24, 2.45) is 0 Å². The van der Waals surface area contributed by atoms with Crippen LogP contribution in [0.5, 0.6) is 11.5 Å². The van der Waals surface area contributed by atoms with Crippen molar-refractivity contribution < 1.29 is 19.0 Å². The van der Waals surface area contributed by atoms with E-state index >= 15 is 0 Å². The highest BCUT2D eigenvalue weighted by Gasteiger charge is 2.11. The highest BCUT2D eigenvalue weighted by molar-refractivity contribution is 6.05. The van der Waals surface area contributed by atoms with Crippen LogP contribution in [0.3, 0.4) is 0 Å². The second kappa shape index (κ2) is 8.79. The van der Waals surface area contributed by atoms with Crippen LogP contribution >= 0.6 is 0 Å². The molecule has 0 unspecified atom stereocenters. The smallest absolute Gasteiger partial charge is 0.255 e. The second-order valence-electron chi connectivity index (χ2n) is 4.99. The van der Waals surface area contributed by atoms with Crippen LogP contribution in [-0.4, -0.2) is 32.8 Å². The van der Waals surface area contributed by atoms with Gasteiger partial charge in [0.1, 0.15) is 18.1 Å². The summed E-state index contributed by atoms with van der Waals surface area (Å²) >= 11 is 0. The lowest BCUT2D eigenvalue weighted by Crippen LogP contribution is -2.13. The standard InChI is InChI=1S/C18H22N2O4/c1-3-23-9-10-24-15-6-4-5-13(11-15)18(21)20-16-8-7-14(19)12-17(16)22-2/h4-8,11-12H,3,9-10,19H2,1-2H3,(H,20,21). The Morgan fingerprint density at radius 1 is 1.17 bits per heavy atom. The van der Waals surface area contributed by atoms with Gasteiger partial charge in [0.15, 0.2) is 0 Å². The molecule has 0 aliphatic carbocycles. The summed E-state index contributed by atoms with van der Waals surface area (Å²) in [6, 6.07) is 12.0. The Labute approximate surface area is 141 Å². The van der Waals surface area contributed by atoms with Crippen molar-refractivity contribution in [2.75, 3.05) is 38.0 Å². The fraction of sp³-hybridized carbons (Fsp3) is 0.278. The molecule has 0 fully saturated rings. The molecule has 0 spiro atoms. The fourth-order valence-electron chi connectivity index (χ4n) is 2.10. The molecule has 0 radical (unpaired) electrons. The van der Waals surface area contributed by atoms with Gasteiger partial charge in [-0.15, -0.1) is 0 Å². The predicted octanol–water partition coefficient (Wildman–Crippen LogP) is 2.95. The second-order valence-corrected chi connectivity index (χ2v) is 4.99. The first-order chi connectivity index (χ1) is 11.6. The van der Waals surface area contributed by atoms with Crippen molar-refractivity contribution in [2.45, 2.75) is 6.92 Å². The van der Waals surface area contributed by atoms with E-state index < -0.39 is 0 Å². The number of hydrogen-bond donors (Lipinski definition) is 2. The Morgan fingerprint density at radius 3 is 2.75 bits per heavy atom. The Balaban J connectivity index is 2.04. The minimum absolute atomic E-state index is 0.256. The van der Waals surface area contributed by atoms with Gasteiger partial charge in [-0.3, -0.25) is 4.79 Å². The van der Waals surface area contributed by atoms with Crippen LogP contribution in [0.15, 0.2) is 42.5 Å². The first-order valence-corrected chi connectivity index (χ1v) is 7.69. The average Bonchev–Trinajstić information content (AvgIpc) is 2.60. The Kier molecular flexibility index (Phi) is 6.45. The molecule has 6 heteroatoms. The van der Waals surface area contributed by atoms with Gasteiger partial charge in [0, 0.05) is 23.9 Å². The van der Waals surface area contributed by atoms with Crippen LogP contribution in [-0.2, 0) is 4.74 Å². The third kappa shape index (κ3) is 4.89. The average molecular weight is 330 g/mol. The number of hydrogen-bond acceptors (Lipinski definition) is 5. The molecule has 0 atom stereocenters. The van der Waals surface area contributed by atoms with Crippen LogP contribution in [0.4, 0.5) is 11.4 Å². The summed E-state index contributed by atoms with van der Waals surface area (Å²) in [5, 5.41) is 2.81. The third-order valence-corrected chi connectivity index (χ3v) is 3.27. The maximum Gasteiger partial charge on any atom is 0.255 e. The lowest BCUT2D eigenvalue weighted by Gasteiger charge is -2.12. The largest absolute Gasteiger partial charge is 0.494 e. The number of anilines is 2. The van der Waals surface area contributed by atoms with E-state index in [1.807, 2.05) is 6.92 Å². The minimum Gasteiger partial charge on any atom is -0.494 e. The van der Waals surface area contributed by atoms with Crippen molar-refractivity contribution in [1.29, 1.82) is 0 Å². The van der Waals surface area contributed by atoms with Gasteiger partial charge in [-0.05, 0) is 37.3 Å². The number of nitrogens with one attached hydrogen (secondary N) is 1. The number of benzene rings is 2.